The predicted octanol–water partition coefficient (Wildman–Crippen LogP) is 2.99. The molecule has 8 heteroatoms. The molecule has 2 aromatic heterocycles. The first-order valence-electron chi connectivity index (χ1n) is 9.38. The van der Waals surface area contributed by atoms with Crippen molar-refractivity contribution < 1.29 is 4.79 Å². The summed E-state index contributed by atoms with van der Waals surface area (Å²) in [6, 6.07) is 11.8. The maximum Gasteiger partial charge on any atom is 0.249 e. The molecular weight excluding hydrogens is 342 g/mol. The number of anilines is 1. The van der Waals surface area contributed by atoms with Gasteiger partial charge in [-0.15, -0.1) is 10.2 Å². The number of tetrazole rings is 1. The van der Waals surface area contributed by atoms with Gasteiger partial charge in [0, 0.05) is 11.6 Å². The Bertz CT molecular complexity index is 909. The summed E-state index contributed by atoms with van der Waals surface area (Å²) in [6.45, 7) is 1.95. The first-order valence-corrected chi connectivity index (χ1v) is 9.38. The molecule has 8 nitrogen and oxygen atoms in total. The molecule has 1 aromatic carbocycles. The molecule has 0 aliphatic heterocycles. The van der Waals surface area contributed by atoms with E-state index in [0.29, 0.717) is 11.9 Å². The third-order valence-corrected chi connectivity index (χ3v) is 4.82. The van der Waals surface area contributed by atoms with Gasteiger partial charge in [0.15, 0.2) is 0 Å². The summed E-state index contributed by atoms with van der Waals surface area (Å²) < 4.78 is 1.97. The maximum absolute atomic E-state index is 12.5. The lowest BCUT2D eigenvalue weighted by atomic mass is 9.96. The predicted molar refractivity (Wildman–Crippen MR) is 101 cm³/mol. The van der Waals surface area contributed by atoms with E-state index in [1.54, 1.807) is 0 Å². The number of carbonyl (C=O) groups excluding carboxylic acids is 1. The smallest absolute Gasteiger partial charge is 0.249 e. The fourth-order valence-corrected chi connectivity index (χ4v) is 3.54. The molecule has 0 atom stereocenters. The van der Waals surface area contributed by atoms with Crippen LogP contribution in [0.3, 0.4) is 0 Å². The van der Waals surface area contributed by atoms with E-state index < -0.39 is 0 Å². The molecule has 140 valence electrons. The van der Waals surface area contributed by atoms with Gasteiger partial charge in [-0.25, -0.2) is 4.68 Å². The third kappa shape index (κ3) is 4.05. The van der Waals surface area contributed by atoms with Gasteiger partial charge in [-0.2, -0.15) is 9.90 Å². The number of carbonyl (C=O) groups is 1. The van der Waals surface area contributed by atoms with Gasteiger partial charge >= 0.3 is 0 Å². The van der Waals surface area contributed by atoms with E-state index in [4.69, 9.17) is 0 Å². The Labute approximate surface area is 157 Å². The Morgan fingerprint density at radius 3 is 2.70 bits per heavy atom. The molecule has 1 saturated carbocycles. The number of nitrogens with one attached hydrogen (secondary N) is 1. The Balaban J connectivity index is 1.44. The summed E-state index contributed by atoms with van der Waals surface area (Å²) in [5.41, 5.74) is 1.77. The van der Waals surface area contributed by atoms with Gasteiger partial charge in [0.05, 0.1) is 11.7 Å². The first-order chi connectivity index (χ1) is 13.2. The van der Waals surface area contributed by atoms with Crippen LogP contribution in [-0.4, -0.2) is 35.9 Å². The van der Waals surface area contributed by atoms with Gasteiger partial charge in [0.2, 0.25) is 11.7 Å². The molecular formula is C19H23N7O. The summed E-state index contributed by atoms with van der Waals surface area (Å²) in [7, 11) is 0. The fourth-order valence-electron chi connectivity index (χ4n) is 3.54. The quantitative estimate of drug-likeness (QED) is 0.750. The van der Waals surface area contributed by atoms with Crippen LogP contribution >= 0.6 is 0 Å². The first kappa shape index (κ1) is 17.4. The maximum atomic E-state index is 12.5. The van der Waals surface area contributed by atoms with Crippen LogP contribution in [0, 0.1) is 6.92 Å². The topological polar surface area (TPSA) is 90.5 Å². The van der Waals surface area contributed by atoms with Crippen molar-refractivity contribution in [2.24, 2.45) is 0 Å². The van der Waals surface area contributed by atoms with Crippen molar-refractivity contribution in [1.29, 1.82) is 0 Å². The van der Waals surface area contributed by atoms with E-state index >= 15 is 0 Å². The van der Waals surface area contributed by atoms with Gasteiger partial charge < -0.3 is 5.32 Å². The van der Waals surface area contributed by atoms with Crippen molar-refractivity contribution in [3.63, 3.8) is 0 Å². The molecule has 0 spiro atoms. The zero-order valence-corrected chi connectivity index (χ0v) is 15.4. The highest BCUT2D eigenvalue weighted by atomic mass is 16.2. The lowest BCUT2D eigenvalue weighted by Crippen LogP contribution is -2.24. The highest BCUT2D eigenvalue weighted by Gasteiger charge is 2.20. The number of benzene rings is 1. The number of aryl methyl sites for hydroxylation is 1. The Kier molecular flexibility index (Phi) is 4.95. The molecule has 1 aliphatic carbocycles. The summed E-state index contributed by atoms with van der Waals surface area (Å²) in [5, 5.41) is 19.8. The zero-order chi connectivity index (χ0) is 18.6. The van der Waals surface area contributed by atoms with Gasteiger partial charge in [-0.3, -0.25) is 4.79 Å². The SMILES string of the molecule is Cc1cc(NC(=O)Cn2nnc(-c3ccccc3)n2)n(C2CCCCC2)n1. The molecule has 0 radical (unpaired) electrons. The molecule has 0 unspecified atom stereocenters. The number of hydrogen-bond donors (Lipinski definition) is 1. The lowest BCUT2D eigenvalue weighted by molar-refractivity contribution is -0.117. The van der Waals surface area contributed by atoms with Gasteiger partial charge in [0.25, 0.3) is 0 Å². The average molecular weight is 365 g/mol. The zero-order valence-electron chi connectivity index (χ0n) is 15.4. The second-order valence-corrected chi connectivity index (χ2v) is 6.97. The fraction of sp³-hybridized carbons (Fsp3) is 0.421. The normalized spacial score (nSPS) is 15.0. The van der Waals surface area contributed by atoms with Crippen LogP contribution in [0.1, 0.15) is 43.8 Å². The molecule has 27 heavy (non-hydrogen) atoms. The van der Waals surface area contributed by atoms with Crippen LogP contribution in [0.5, 0.6) is 0 Å². The molecule has 3 aromatic rings. The molecule has 0 saturated heterocycles. The Morgan fingerprint density at radius 1 is 1.15 bits per heavy atom. The molecule has 1 fully saturated rings. The van der Waals surface area contributed by atoms with Crippen LogP contribution in [0.4, 0.5) is 5.82 Å². The summed E-state index contributed by atoms with van der Waals surface area (Å²) in [5.74, 6) is 1.06. The number of hydrogen-bond acceptors (Lipinski definition) is 5. The Morgan fingerprint density at radius 2 is 1.93 bits per heavy atom. The molecule has 1 aliphatic rings. The second kappa shape index (κ2) is 7.69. The number of aromatic nitrogens is 6. The van der Waals surface area contributed by atoms with Gasteiger partial charge in [0.1, 0.15) is 12.4 Å². The van der Waals surface area contributed by atoms with E-state index in [9.17, 15) is 4.79 Å². The third-order valence-electron chi connectivity index (χ3n) is 4.82. The minimum Gasteiger partial charge on any atom is -0.309 e. The second-order valence-electron chi connectivity index (χ2n) is 6.97. The van der Waals surface area contributed by atoms with Crippen molar-refractivity contribution >= 4 is 11.7 Å². The van der Waals surface area contributed by atoms with Crippen molar-refractivity contribution in [3.05, 3.63) is 42.1 Å². The summed E-state index contributed by atoms with van der Waals surface area (Å²) in [6.07, 6.45) is 5.91. The minimum atomic E-state index is -0.191. The standard InChI is InChI=1S/C19H23N7O/c1-14-12-17(26(22-14)16-10-6-3-7-11-16)20-18(27)13-25-23-19(21-24-25)15-8-4-2-5-9-15/h2,4-5,8-9,12,16H,3,6-7,10-11,13H2,1H3,(H,20,27). The largest absolute Gasteiger partial charge is 0.309 e. The van der Waals surface area contributed by atoms with Gasteiger partial charge in [-0.05, 0) is 25.0 Å². The number of nitrogens with zero attached hydrogens (tertiary/aromatic N) is 6. The van der Waals surface area contributed by atoms with E-state index in [0.717, 1.165) is 29.9 Å². The van der Waals surface area contributed by atoms with Gasteiger partial charge in [-0.1, -0.05) is 49.6 Å². The number of amides is 1. The van der Waals surface area contributed by atoms with Crippen molar-refractivity contribution in [2.45, 2.75) is 51.6 Å². The van der Waals surface area contributed by atoms with Crippen LogP contribution in [0.2, 0.25) is 0 Å². The van der Waals surface area contributed by atoms with Crippen molar-refractivity contribution in [1.82, 2.24) is 30.0 Å². The molecule has 4 rings (SSSR count). The molecule has 0 bridgehead atoms. The number of rotatable bonds is 5. The highest BCUT2D eigenvalue weighted by molar-refractivity contribution is 5.89. The summed E-state index contributed by atoms with van der Waals surface area (Å²) in [4.78, 5) is 13.8. The van der Waals surface area contributed by atoms with Crippen molar-refractivity contribution in [3.8, 4) is 11.4 Å². The molecule has 2 heterocycles. The van der Waals surface area contributed by atoms with Crippen LogP contribution in [-0.2, 0) is 11.3 Å². The van der Waals surface area contributed by atoms with Crippen LogP contribution in [0.15, 0.2) is 36.4 Å². The summed E-state index contributed by atoms with van der Waals surface area (Å²) >= 11 is 0. The van der Waals surface area contributed by atoms with Crippen LogP contribution < -0.4 is 5.32 Å². The van der Waals surface area contributed by atoms with E-state index in [-0.39, 0.29) is 12.5 Å². The van der Waals surface area contributed by atoms with Crippen molar-refractivity contribution in [2.75, 3.05) is 5.32 Å². The lowest BCUT2D eigenvalue weighted by Gasteiger charge is -2.23. The van der Waals surface area contributed by atoms with E-state index in [1.165, 1.54) is 24.1 Å². The average Bonchev–Trinajstić information content (AvgIpc) is 3.29. The Hall–Kier alpha value is -3.03. The monoisotopic (exact) mass is 365 g/mol. The van der Waals surface area contributed by atoms with Crippen LogP contribution in [0.25, 0.3) is 11.4 Å². The van der Waals surface area contributed by atoms with E-state index in [1.807, 2.05) is 48.0 Å². The molecule has 1 N–H and O–H groups in total. The molecule has 1 amide bonds. The highest BCUT2D eigenvalue weighted by Crippen LogP contribution is 2.30. The van der Waals surface area contributed by atoms with E-state index in [2.05, 4.69) is 25.8 Å². The minimum absolute atomic E-state index is 0.00866.